The fraction of sp³-hybridized carbons (Fsp3) is 0.467. The van der Waals surface area contributed by atoms with Gasteiger partial charge < -0.3 is 13.9 Å². The van der Waals surface area contributed by atoms with Gasteiger partial charge in [0, 0.05) is 25.6 Å². The highest BCUT2D eigenvalue weighted by Crippen LogP contribution is 2.27. The molecule has 5 heteroatoms. The molecule has 1 fully saturated rings. The Morgan fingerprint density at radius 3 is 2.95 bits per heavy atom. The molecule has 1 aliphatic rings. The van der Waals surface area contributed by atoms with E-state index >= 15 is 0 Å². The molecule has 0 amide bonds. The maximum Gasteiger partial charge on any atom is 0.358 e. The van der Waals surface area contributed by atoms with Gasteiger partial charge in [-0.15, -0.1) is 0 Å². The van der Waals surface area contributed by atoms with Crippen LogP contribution in [0.25, 0.3) is 5.65 Å². The third-order valence-corrected chi connectivity index (χ3v) is 3.65. The second-order valence-electron chi connectivity index (χ2n) is 4.96. The normalized spacial score (nSPS) is 16.4. The quantitative estimate of drug-likeness (QED) is 0.806. The molecule has 106 valence electrons. The van der Waals surface area contributed by atoms with Gasteiger partial charge in [0.05, 0.1) is 6.61 Å². The topological polar surface area (TPSA) is 52.8 Å². The standard InChI is InChI=1S/C15H18N2O3/c1-2-20-15(18)13-10-17-9-12(3-4-14(17)16-13)11-5-7-19-8-6-11/h3-4,9-11H,2,5-8H2,1H3. The van der Waals surface area contributed by atoms with Crippen LogP contribution in [0.15, 0.2) is 24.5 Å². The lowest BCUT2D eigenvalue weighted by Gasteiger charge is -2.22. The smallest absolute Gasteiger partial charge is 0.358 e. The number of aromatic nitrogens is 2. The van der Waals surface area contributed by atoms with Gasteiger partial charge in [-0.2, -0.15) is 0 Å². The number of imidazole rings is 1. The molecule has 0 aliphatic carbocycles. The lowest BCUT2D eigenvalue weighted by atomic mass is 9.93. The summed E-state index contributed by atoms with van der Waals surface area (Å²) in [5, 5.41) is 0. The first kappa shape index (κ1) is 13.1. The summed E-state index contributed by atoms with van der Waals surface area (Å²) in [5.74, 6) is 0.158. The van der Waals surface area contributed by atoms with E-state index in [2.05, 4.69) is 17.2 Å². The summed E-state index contributed by atoms with van der Waals surface area (Å²) in [5.41, 5.74) is 2.40. The Morgan fingerprint density at radius 2 is 2.20 bits per heavy atom. The van der Waals surface area contributed by atoms with Gasteiger partial charge in [-0.25, -0.2) is 9.78 Å². The van der Waals surface area contributed by atoms with Crippen molar-refractivity contribution in [3.63, 3.8) is 0 Å². The zero-order valence-corrected chi connectivity index (χ0v) is 11.5. The van der Waals surface area contributed by atoms with E-state index in [0.29, 0.717) is 18.2 Å². The van der Waals surface area contributed by atoms with E-state index in [1.165, 1.54) is 5.56 Å². The van der Waals surface area contributed by atoms with E-state index in [4.69, 9.17) is 9.47 Å². The van der Waals surface area contributed by atoms with Crippen LogP contribution < -0.4 is 0 Å². The number of rotatable bonds is 3. The first-order valence-corrected chi connectivity index (χ1v) is 7.01. The highest BCUT2D eigenvalue weighted by molar-refractivity contribution is 5.87. The summed E-state index contributed by atoms with van der Waals surface area (Å²) < 4.78 is 12.3. The van der Waals surface area contributed by atoms with Crippen molar-refractivity contribution in [1.82, 2.24) is 9.38 Å². The highest BCUT2D eigenvalue weighted by atomic mass is 16.5. The number of ether oxygens (including phenoxy) is 2. The molecule has 3 heterocycles. The minimum atomic E-state index is -0.371. The van der Waals surface area contributed by atoms with Crippen molar-refractivity contribution in [2.45, 2.75) is 25.7 Å². The second-order valence-corrected chi connectivity index (χ2v) is 4.96. The predicted octanol–water partition coefficient (Wildman–Crippen LogP) is 2.41. The maximum absolute atomic E-state index is 11.7. The van der Waals surface area contributed by atoms with Crippen molar-refractivity contribution < 1.29 is 14.3 Å². The third kappa shape index (κ3) is 2.54. The average Bonchev–Trinajstić information content (AvgIpc) is 2.91. The van der Waals surface area contributed by atoms with Gasteiger partial charge in [0.25, 0.3) is 0 Å². The van der Waals surface area contributed by atoms with Crippen molar-refractivity contribution in [2.24, 2.45) is 0 Å². The van der Waals surface area contributed by atoms with E-state index in [1.54, 1.807) is 13.1 Å². The number of pyridine rings is 1. The Kier molecular flexibility index (Phi) is 3.69. The molecule has 2 aromatic heterocycles. The molecule has 2 aromatic rings. The van der Waals surface area contributed by atoms with Gasteiger partial charge in [0.2, 0.25) is 0 Å². The summed E-state index contributed by atoms with van der Waals surface area (Å²) in [4.78, 5) is 16.0. The van der Waals surface area contributed by atoms with Crippen molar-refractivity contribution in [3.8, 4) is 0 Å². The summed E-state index contributed by atoms with van der Waals surface area (Å²) in [6, 6.07) is 4.04. The molecule has 0 spiro atoms. The van der Waals surface area contributed by atoms with Crippen molar-refractivity contribution >= 4 is 11.6 Å². The predicted molar refractivity (Wildman–Crippen MR) is 73.9 cm³/mol. The Morgan fingerprint density at radius 1 is 1.40 bits per heavy atom. The van der Waals surface area contributed by atoms with E-state index < -0.39 is 0 Å². The molecule has 0 unspecified atom stereocenters. The lowest BCUT2D eigenvalue weighted by Crippen LogP contribution is -2.14. The van der Waals surface area contributed by atoms with Crippen LogP contribution in [0.2, 0.25) is 0 Å². The van der Waals surface area contributed by atoms with Gasteiger partial charge >= 0.3 is 5.97 Å². The van der Waals surface area contributed by atoms with Gasteiger partial charge in [0.1, 0.15) is 5.65 Å². The highest BCUT2D eigenvalue weighted by Gasteiger charge is 2.17. The fourth-order valence-corrected chi connectivity index (χ4v) is 2.58. The molecule has 1 aliphatic heterocycles. The van der Waals surface area contributed by atoms with E-state index in [9.17, 15) is 4.79 Å². The summed E-state index contributed by atoms with van der Waals surface area (Å²) in [6.45, 7) is 3.79. The molecular formula is C15H18N2O3. The third-order valence-electron chi connectivity index (χ3n) is 3.65. The summed E-state index contributed by atoms with van der Waals surface area (Å²) in [6.07, 6.45) is 5.88. The SMILES string of the molecule is CCOC(=O)c1cn2cc(C3CCOCC3)ccc2n1. The van der Waals surface area contributed by atoms with Crippen LogP contribution in [0.1, 0.15) is 41.7 Å². The van der Waals surface area contributed by atoms with Crippen LogP contribution in [0, 0.1) is 0 Å². The van der Waals surface area contributed by atoms with Crippen molar-refractivity contribution in [1.29, 1.82) is 0 Å². The molecular weight excluding hydrogens is 256 g/mol. The van der Waals surface area contributed by atoms with Gasteiger partial charge in [-0.3, -0.25) is 0 Å². The van der Waals surface area contributed by atoms with E-state index in [1.807, 2.05) is 10.5 Å². The average molecular weight is 274 g/mol. The minimum absolute atomic E-state index is 0.357. The first-order chi connectivity index (χ1) is 9.78. The molecule has 1 saturated heterocycles. The monoisotopic (exact) mass is 274 g/mol. The molecule has 0 aromatic carbocycles. The zero-order valence-electron chi connectivity index (χ0n) is 11.5. The Labute approximate surface area is 117 Å². The Bertz CT molecular complexity index is 615. The largest absolute Gasteiger partial charge is 0.461 e. The minimum Gasteiger partial charge on any atom is -0.461 e. The molecule has 0 N–H and O–H groups in total. The number of carbonyl (C=O) groups is 1. The molecule has 0 saturated carbocycles. The maximum atomic E-state index is 11.7. The number of fused-ring (bicyclic) bond motifs is 1. The number of esters is 1. The van der Waals surface area contributed by atoms with Crippen LogP contribution >= 0.6 is 0 Å². The Balaban J connectivity index is 1.88. The van der Waals surface area contributed by atoms with E-state index in [-0.39, 0.29) is 5.97 Å². The van der Waals surface area contributed by atoms with Gasteiger partial charge in [0.15, 0.2) is 5.69 Å². The molecule has 5 nitrogen and oxygen atoms in total. The first-order valence-electron chi connectivity index (χ1n) is 7.01. The molecule has 3 rings (SSSR count). The van der Waals surface area contributed by atoms with Crippen LogP contribution in [0.3, 0.4) is 0 Å². The lowest BCUT2D eigenvalue weighted by molar-refractivity contribution is 0.0520. The fourth-order valence-electron chi connectivity index (χ4n) is 2.58. The van der Waals surface area contributed by atoms with Gasteiger partial charge in [-0.05, 0) is 37.3 Å². The molecule has 0 atom stereocenters. The Hall–Kier alpha value is -1.88. The molecule has 0 radical (unpaired) electrons. The van der Waals surface area contributed by atoms with Crippen LogP contribution in [-0.2, 0) is 9.47 Å². The van der Waals surface area contributed by atoms with Crippen molar-refractivity contribution in [2.75, 3.05) is 19.8 Å². The summed E-state index contributed by atoms with van der Waals surface area (Å²) in [7, 11) is 0. The van der Waals surface area contributed by atoms with Crippen molar-refractivity contribution in [3.05, 3.63) is 35.8 Å². The number of hydrogen-bond donors (Lipinski definition) is 0. The van der Waals surface area contributed by atoms with Gasteiger partial charge in [-0.1, -0.05) is 6.07 Å². The van der Waals surface area contributed by atoms with E-state index in [0.717, 1.165) is 31.7 Å². The molecule has 0 bridgehead atoms. The zero-order chi connectivity index (χ0) is 13.9. The molecule has 20 heavy (non-hydrogen) atoms. The second kappa shape index (κ2) is 5.63. The van der Waals surface area contributed by atoms with Crippen LogP contribution in [0.4, 0.5) is 0 Å². The number of nitrogens with zero attached hydrogens (tertiary/aromatic N) is 2. The van der Waals surface area contributed by atoms with Crippen LogP contribution in [0.5, 0.6) is 0 Å². The van der Waals surface area contributed by atoms with Crippen LogP contribution in [-0.4, -0.2) is 35.2 Å². The summed E-state index contributed by atoms with van der Waals surface area (Å²) >= 11 is 0. The number of hydrogen-bond acceptors (Lipinski definition) is 4. The number of carbonyl (C=O) groups excluding carboxylic acids is 1.